The monoisotopic (exact) mass is 390 g/mol. The summed E-state index contributed by atoms with van der Waals surface area (Å²) in [6.45, 7) is 2.14. The lowest BCUT2D eigenvalue weighted by atomic mass is 9.88. The van der Waals surface area contributed by atoms with Crippen molar-refractivity contribution in [2.45, 2.75) is 30.4 Å². The number of hydrogen-bond donors (Lipinski definition) is 2. The fourth-order valence-corrected chi connectivity index (χ4v) is 6.90. The molecule has 0 unspecified atom stereocenters. The number of carbonyl (C=O) groups excluding carboxylic acids is 1. The van der Waals surface area contributed by atoms with Crippen molar-refractivity contribution < 1.29 is 13.2 Å². The van der Waals surface area contributed by atoms with Gasteiger partial charge in [-0.15, -0.1) is 22.7 Å². The molecule has 3 rings (SSSR count). The molecule has 124 valence electrons. The Morgan fingerprint density at radius 3 is 2.74 bits per heavy atom. The summed E-state index contributed by atoms with van der Waals surface area (Å²) in [6, 6.07) is 2.96. The average molecular weight is 391 g/mol. The number of primary amides is 1. The summed E-state index contributed by atoms with van der Waals surface area (Å²) in [5, 5.41) is 0.307. The first-order valence-electron chi connectivity index (χ1n) is 7.00. The van der Waals surface area contributed by atoms with E-state index in [-0.39, 0.29) is 4.21 Å². The molecule has 0 aliphatic heterocycles. The van der Waals surface area contributed by atoms with Crippen molar-refractivity contribution in [3.63, 3.8) is 0 Å². The molecular formula is C14H15ClN2O3S3. The summed E-state index contributed by atoms with van der Waals surface area (Å²) in [4.78, 5) is 12.9. The van der Waals surface area contributed by atoms with Gasteiger partial charge in [-0.05, 0) is 42.9 Å². The van der Waals surface area contributed by atoms with Gasteiger partial charge in [-0.1, -0.05) is 18.5 Å². The van der Waals surface area contributed by atoms with E-state index in [1.807, 2.05) is 0 Å². The molecule has 0 aromatic carbocycles. The zero-order valence-corrected chi connectivity index (χ0v) is 15.5. The van der Waals surface area contributed by atoms with Gasteiger partial charge in [0, 0.05) is 4.88 Å². The van der Waals surface area contributed by atoms with Crippen LogP contribution in [0, 0.1) is 5.92 Å². The lowest BCUT2D eigenvalue weighted by molar-refractivity contribution is 0.100. The van der Waals surface area contributed by atoms with Crippen LogP contribution in [0.4, 0.5) is 5.00 Å². The van der Waals surface area contributed by atoms with Gasteiger partial charge in [-0.25, -0.2) is 8.42 Å². The first-order valence-corrected chi connectivity index (χ1v) is 10.5. The summed E-state index contributed by atoms with van der Waals surface area (Å²) < 4.78 is 27.9. The number of carbonyl (C=O) groups is 1. The van der Waals surface area contributed by atoms with Crippen LogP contribution in [0.1, 0.15) is 34.1 Å². The molecule has 3 N–H and O–H groups in total. The van der Waals surface area contributed by atoms with E-state index in [1.165, 1.54) is 23.5 Å². The quantitative estimate of drug-likeness (QED) is 0.837. The van der Waals surface area contributed by atoms with Crippen LogP contribution in [-0.2, 0) is 22.9 Å². The van der Waals surface area contributed by atoms with Crippen LogP contribution in [0.2, 0.25) is 4.34 Å². The van der Waals surface area contributed by atoms with E-state index < -0.39 is 15.9 Å². The fourth-order valence-electron chi connectivity index (χ4n) is 2.70. The van der Waals surface area contributed by atoms with E-state index >= 15 is 0 Å². The Bertz CT molecular complexity index is 870. The highest BCUT2D eigenvalue weighted by molar-refractivity contribution is 7.95. The minimum atomic E-state index is -3.77. The van der Waals surface area contributed by atoms with Crippen molar-refractivity contribution in [1.29, 1.82) is 0 Å². The van der Waals surface area contributed by atoms with Crippen LogP contribution in [0.5, 0.6) is 0 Å². The number of rotatable bonds is 4. The maximum atomic E-state index is 12.5. The van der Waals surface area contributed by atoms with Crippen molar-refractivity contribution >= 4 is 55.2 Å². The number of fused-ring (bicyclic) bond motifs is 1. The second kappa shape index (κ2) is 6.08. The molecule has 0 bridgehead atoms. The summed E-state index contributed by atoms with van der Waals surface area (Å²) >= 11 is 8.07. The number of thiophene rings is 2. The largest absolute Gasteiger partial charge is 0.365 e. The number of nitrogens with two attached hydrogens (primary N) is 1. The number of nitrogens with one attached hydrogen (secondary N) is 1. The summed E-state index contributed by atoms with van der Waals surface area (Å²) in [7, 11) is -3.77. The second-order valence-electron chi connectivity index (χ2n) is 5.58. The minimum absolute atomic E-state index is 0.109. The molecular weight excluding hydrogens is 376 g/mol. The lowest BCUT2D eigenvalue weighted by Crippen LogP contribution is -2.19. The fraction of sp³-hybridized carbons (Fsp3) is 0.357. The molecule has 1 atom stereocenters. The summed E-state index contributed by atoms with van der Waals surface area (Å²) in [5.41, 5.74) is 6.69. The van der Waals surface area contributed by atoms with E-state index in [9.17, 15) is 13.2 Å². The van der Waals surface area contributed by atoms with E-state index in [0.717, 1.165) is 41.0 Å². The molecule has 5 nitrogen and oxygen atoms in total. The van der Waals surface area contributed by atoms with E-state index in [0.29, 0.717) is 20.8 Å². The maximum Gasteiger partial charge on any atom is 0.272 e. The molecule has 1 aliphatic rings. The molecule has 0 saturated heterocycles. The third kappa shape index (κ3) is 3.26. The van der Waals surface area contributed by atoms with E-state index in [2.05, 4.69) is 11.6 Å². The Labute approximate surface area is 147 Å². The lowest BCUT2D eigenvalue weighted by Gasteiger charge is -2.18. The van der Waals surface area contributed by atoms with Crippen LogP contribution in [0.3, 0.4) is 0 Å². The van der Waals surface area contributed by atoms with Crippen LogP contribution in [0.15, 0.2) is 16.3 Å². The summed E-state index contributed by atoms with van der Waals surface area (Å²) in [5.74, 6) is -0.0820. The Kier molecular flexibility index (Phi) is 4.43. The molecule has 2 aromatic heterocycles. The third-order valence-electron chi connectivity index (χ3n) is 3.80. The van der Waals surface area contributed by atoms with Crippen LogP contribution >= 0.6 is 34.3 Å². The van der Waals surface area contributed by atoms with Crippen molar-refractivity contribution in [2.75, 3.05) is 4.72 Å². The highest BCUT2D eigenvalue weighted by Crippen LogP contribution is 2.40. The third-order valence-corrected chi connectivity index (χ3v) is 8.17. The van der Waals surface area contributed by atoms with Crippen molar-refractivity contribution in [1.82, 2.24) is 0 Å². The second-order valence-corrected chi connectivity index (χ2v) is 10.3. The first-order chi connectivity index (χ1) is 10.8. The Hall–Kier alpha value is -1.09. The van der Waals surface area contributed by atoms with Gasteiger partial charge < -0.3 is 5.73 Å². The standard InChI is InChI=1S/C14H15ClN2O3S3/c1-7-2-3-8-9(6-7)21-14(12(8)13(16)18)17-23(19,20)11-5-4-10(15)22-11/h4-5,7,17H,2-3,6H2,1H3,(H2,16,18)/t7-/m0/s1. The average Bonchev–Trinajstić information content (AvgIpc) is 3.01. The molecule has 2 heterocycles. The first kappa shape index (κ1) is 16.8. The predicted octanol–water partition coefficient (Wildman–Crippen LogP) is 3.49. The zero-order valence-electron chi connectivity index (χ0n) is 12.3. The Morgan fingerprint density at radius 1 is 1.39 bits per heavy atom. The SMILES string of the molecule is C[C@H]1CCc2c(sc(NS(=O)(=O)c3ccc(Cl)s3)c2C(N)=O)C1. The van der Waals surface area contributed by atoms with Gasteiger partial charge >= 0.3 is 0 Å². The van der Waals surface area contributed by atoms with Crippen molar-refractivity contribution in [3.8, 4) is 0 Å². The van der Waals surface area contributed by atoms with Gasteiger partial charge in [0.25, 0.3) is 15.9 Å². The molecule has 0 spiro atoms. The van der Waals surface area contributed by atoms with Gasteiger partial charge in [-0.3, -0.25) is 9.52 Å². The zero-order chi connectivity index (χ0) is 16.8. The molecule has 0 fully saturated rings. The molecule has 23 heavy (non-hydrogen) atoms. The molecule has 9 heteroatoms. The van der Waals surface area contributed by atoms with Gasteiger partial charge in [0.05, 0.1) is 9.90 Å². The topological polar surface area (TPSA) is 89.3 Å². The molecule has 2 aromatic rings. The molecule has 0 saturated carbocycles. The molecule has 1 amide bonds. The van der Waals surface area contributed by atoms with Crippen LogP contribution in [-0.4, -0.2) is 14.3 Å². The number of hydrogen-bond acceptors (Lipinski definition) is 5. The Balaban J connectivity index is 2.02. The molecule has 0 radical (unpaired) electrons. The van der Waals surface area contributed by atoms with Gasteiger partial charge in [0.15, 0.2) is 0 Å². The predicted molar refractivity (Wildman–Crippen MR) is 94.2 cm³/mol. The van der Waals surface area contributed by atoms with Crippen molar-refractivity contribution in [2.24, 2.45) is 11.7 Å². The van der Waals surface area contributed by atoms with E-state index in [4.69, 9.17) is 17.3 Å². The number of sulfonamides is 1. The van der Waals surface area contributed by atoms with E-state index in [1.54, 1.807) is 0 Å². The highest BCUT2D eigenvalue weighted by atomic mass is 35.5. The normalized spacial score (nSPS) is 17.7. The van der Waals surface area contributed by atoms with Gasteiger partial charge in [0.2, 0.25) is 0 Å². The number of halogens is 1. The smallest absolute Gasteiger partial charge is 0.272 e. The number of anilines is 1. The van der Waals surface area contributed by atoms with Crippen molar-refractivity contribution in [3.05, 3.63) is 32.5 Å². The Morgan fingerprint density at radius 2 is 2.13 bits per heavy atom. The maximum absolute atomic E-state index is 12.5. The highest BCUT2D eigenvalue weighted by Gasteiger charge is 2.29. The van der Waals surface area contributed by atoms with Gasteiger partial charge in [0.1, 0.15) is 9.21 Å². The van der Waals surface area contributed by atoms with Gasteiger partial charge in [-0.2, -0.15) is 0 Å². The number of amides is 1. The van der Waals surface area contributed by atoms with Crippen LogP contribution in [0.25, 0.3) is 0 Å². The molecule has 1 aliphatic carbocycles. The summed E-state index contributed by atoms with van der Waals surface area (Å²) in [6.07, 6.45) is 2.56. The van der Waals surface area contributed by atoms with Crippen LogP contribution < -0.4 is 10.5 Å². The minimum Gasteiger partial charge on any atom is -0.365 e.